The number of aromatic amines is 1. The Labute approximate surface area is 154 Å². The summed E-state index contributed by atoms with van der Waals surface area (Å²) in [5, 5.41) is 3.18. The van der Waals surface area contributed by atoms with Crippen LogP contribution in [-0.4, -0.2) is 34.4 Å². The largest absolute Gasteiger partial charge is 0.340 e. The zero-order valence-electron chi connectivity index (χ0n) is 13.9. The molecule has 134 valence electrons. The number of anilines is 1. The number of hydrogen-bond donors (Lipinski definition) is 2. The molecule has 2 aliphatic rings. The molecule has 1 saturated heterocycles. The van der Waals surface area contributed by atoms with Gasteiger partial charge in [0.15, 0.2) is 0 Å². The van der Waals surface area contributed by atoms with Gasteiger partial charge in [0, 0.05) is 29.4 Å². The SMILES string of the molecule is O=C(NC1CCN(c2cccc(Cl)c2)C1=O)c1cnc(C2CC2)[nH]c1=O. The molecule has 1 aromatic carbocycles. The first-order chi connectivity index (χ1) is 12.5. The lowest BCUT2D eigenvalue weighted by Gasteiger charge is -2.17. The number of rotatable bonds is 4. The molecule has 2 amide bonds. The predicted molar refractivity (Wildman–Crippen MR) is 96.5 cm³/mol. The van der Waals surface area contributed by atoms with Crippen LogP contribution in [0.2, 0.25) is 5.02 Å². The van der Waals surface area contributed by atoms with Crippen molar-refractivity contribution in [2.24, 2.45) is 0 Å². The van der Waals surface area contributed by atoms with Crippen LogP contribution in [0, 0.1) is 0 Å². The first-order valence-corrected chi connectivity index (χ1v) is 8.88. The van der Waals surface area contributed by atoms with Crippen LogP contribution in [0.5, 0.6) is 0 Å². The summed E-state index contributed by atoms with van der Waals surface area (Å²) in [7, 11) is 0. The highest BCUT2D eigenvalue weighted by Crippen LogP contribution is 2.37. The molecule has 1 aromatic heterocycles. The van der Waals surface area contributed by atoms with Crippen LogP contribution in [0.15, 0.2) is 35.3 Å². The molecule has 2 aromatic rings. The molecule has 4 rings (SSSR count). The maximum Gasteiger partial charge on any atom is 0.263 e. The van der Waals surface area contributed by atoms with Gasteiger partial charge in [-0.2, -0.15) is 0 Å². The summed E-state index contributed by atoms with van der Waals surface area (Å²) < 4.78 is 0. The van der Waals surface area contributed by atoms with Crippen LogP contribution >= 0.6 is 11.6 Å². The van der Waals surface area contributed by atoms with Gasteiger partial charge in [0.25, 0.3) is 11.5 Å². The smallest absolute Gasteiger partial charge is 0.263 e. The fourth-order valence-corrected chi connectivity index (χ4v) is 3.27. The van der Waals surface area contributed by atoms with Gasteiger partial charge in [-0.05, 0) is 37.5 Å². The van der Waals surface area contributed by atoms with Crippen molar-refractivity contribution in [2.75, 3.05) is 11.4 Å². The van der Waals surface area contributed by atoms with E-state index in [1.807, 2.05) is 0 Å². The van der Waals surface area contributed by atoms with Gasteiger partial charge in [0.05, 0.1) is 0 Å². The Balaban J connectivity index is 1.47. The molecule has 2 fully saturated rings. The second-order valence-electron chi connectivity index (χ2n) is 6.57. The van der Waals surface area contributed by atoms with Crippen molar-refractivity contribution in [1.29, 1.82) is 0 Å². The van der Waals surface area contributed by atoms with E-state index in [0.29, 0.717) is 35.4 Å². The monoisotopic (exact) mass is 372 g/mol. The molecule has 26 heavy (non-hydrogen) atoms. The molecule has 0 spiro atoms. The second-order valence-corrected chi connectivity index (χ2v) is 7.01. The van der Waals surface area contributed by atoms with Crippen molar-refractivity contribution >= 4 is 29.1 Å². The summed E-state index contributed by atoms with van der Waals surface area (Å²) in [6.45, 7) is 0.472. The van der Waals surface area contributed by atoms with Gasteiger partial charge in [-0.15, -0.1) is 0 Å². The molecular formula is C18H17ClN4O3. The number of benzene rings is 1. The number of carbonyl (C=O) groups excluding carboxylic acids is 2. The van der Waals surface area contributed by atoms with E-state index in [9.17, 15) is 14.4 Å². The van der Waals surface area contributed by atoms with E-state index in [4.69, 9.17) is 11.6 Å². The molecule has 2 N–H and O–H groups in total. The quantitative estimate of drug-likeness (QED) is 0.856. The minimum atomic E-state index is -0.677. The average molecular weight is 373 g/mol. The third-order valence-electron chi connectivity index (χ3n) is 4.66. The molecule has 1 atom stereocenters. The predicted octanol–water partition coefficient (Wildman–Crippen LogP) is 1.84. The number of nitrogens with zero attached hydrogens (tertiary/aromatic N) is 2. The maximum atomic E-state index is 12.6. The first kappa shape index (κ1) is 16.8. The van der Waals surface area contributed by atoms with Crippen molar-refractivity contribution in [1.82, 2.24) is 15.3 Å². The summed E-state index contributed by atoms with van der Waals surface area (Å²) in [6.07, 6.45) is 3.76. The molecule has 1 aliphatic heterocycles. The van der Waals surface area contributed by atoms with Crippen molar-refractivity contribution in [3.8, 4) is 0 Å². The first-order valence-electron chi connectivity index (χ1n) is 8.50. The second kappa shape index (κ2) is 6.57. The zero-order chi connectivity index (χ0) is 18.3. The number of amides is 2. The Morgan fingerprint density at radius 3 is 2.77 bits per heavy atom. The highest BCUT2D eigenvalue weighted by molar-refractivity contribution is 6.31. The highest BCUT2D eigenvalue weighted by atomic mass is 35.5. The number of carbonyl (C=O) groups is 2. The van der Waals surface area contributed by atoms with Crippen molar-refractivity contribution < 1.29 is 9.59 Å². The van der Waals surface area contributed by atoms with Crippen LogP contribution < -0.4 is 15.8 Å². The van der Waals surface area contributed by atoms with E-state index in [2.05, 4.69) is 15.3 Å². The van der Waals surface area contributed by atoms with Crippen LogP contribution in [0.1, 0.15) is 41.4 Å². The van der Waals surface area contributed by atoms with Crippen molar-refractivity contribution in [2.45, 2.75) is 31.2 Å². The highest BCUT2D eigenvalue weighted by Gasteiger charge is 2.34. The standard InChI is InChI=1S/C18H17ClN4O3/c19-11-2-1-3-12(8-11)23-7-6-14(18(23)26)21-16(24)13-9-20-15(10-4-5-10)22-17(13)25/h1-3,8-10,14H,4-7H2,(H,21,24)(H,20,22,25). The van der Waals surface area contributed by atoms with Gasteiger partial charge >= 0.3 is 0 Å². The Morgan fingerprint density at radius 1 is 1.27 bits per heavy atom. The number of hydrogen-bond acceptors (Lipinski definition) is 4. The fourth-order valence-electron chi connectivity index (χ4n) is 3.08. The molecule has 7 nitrogen and oxygen atoms in total. The van der Waals surface area contributed by atoms with E-state index in [-0.39, 0.29) is 11.5 Å². The zero-order valence-corrected chi connectivity index (χ0v) is 14.6. The molecule has 0 bridgehead atoms. The molecule has 2 heterocycles. The fraction of sp³-hybridized carbons (Fsp3) is 0.333. The summed E-state index contributed by atoms with van der Waals surface area (Å²) in [6, 6.07) is 6.32. The van der Waals surface area contributed by atoms with Crippen molar-refractivity contribution in [3.63, 3.8) is 0 Å². The van der Waals surface area contributed by atoms with Crippen LogP contribution in [0.4, 0.5) is 5.69 Å². The third kappa shape index (κ3) is 3.22. The van der Waals surface area contributed by atoms with Crippen LogP contribution in [-0.2, 0) is 4.79 Å². The average Bonchev–Trinajstić information content (AvgIpc) is 3.40. The number of halogens is 1. The minimum Gasteiger partial charge on any atom is -0.340 e. The van der Waals surface area contributed by atoms with Crippen molar-refractivity contribution in [3.05, 3.63) is 57.2 Å². The lowest BCUT2D eigenvalue weighted by Crippen LogP contribution is -2.43. The van der Waals surface area contributed by atoms with Gasteiger partial charge in [0.1, 0.15) is 17.4 Å². The Bertz CT molecular complexity index is 938. The van der Waals surface area contributed by atoms with Gasteiger partial charge in [-0.25, -0.2) is 4.98 Å². The molecule has 1 aliphatic carbocycles. The van der Waals surface area contributed by atoms with E-state index in [1.165, 1.54) is 6.20 Å². The number of nitrogens with one attached hydrogen (secondary N) is 2. The lowest BCUT2D eigenvalue weighted by atomic mass is 10.2. The normalized spacial score (nSPS) is 19.7. The van der Waals surface area contributed by atoms with Crippen LogP contribution in [0.3, 0.4) is 0 Å². The molecule has 8 heteroatoms. The number of H-pyrrole nitrogens is 1. The molecule has 0 radical (unpaired) electrons. The summed E-state index contributed by atoms with van der Waals surface area (Å²) in [4.78, 5) is 45.5. The van der Waals surface area contributed by atoms with Gasteiger partial charge < -0.3 is 15.2 Å². The van der Waals surface area contributed by atoms with E-state index in [1.54, 1.807) is 29.2 Å². The number of aromatic nitrogens is 2. The van der Waals surface area contributed by atoms with Gasteiger partial charge in [0.2, 0.25) is 5.91 Å². The van der Waals surface area contributed by atoms with Gasteiger partial charge in [-0.3, -0.25) is 14.4 Å². The van der Waals surface area contributed by atoms with Crippen LogP contribution in [0.25, 0.3) is 0 Å². The topological polar surface area (TPSA) is 95.2 Å². The van der Waals surface area contributed by atoms with E-state index < -0.39 is 17.5 Å². The summed E-state index contributed by atoms with van der Waals surface area (Å²) in [5.41, 5.74) is 0.132. The molecule has 1 unspecified atom stereocenters. The molecular weight excluding hydrogens is 356 g/mol. The lowest BCUT2D eigenvalue weighted by molar-refractivity contribution is -0.118. The Kier molecular flexibility index (Phi) is 4.24. The molecule has 1 saturated carbocycles. The van der Waals surface area contributed by atoms with E-state index in [0.717, 1.165) is 12.8 Å². The Morgan fingerprint density at radius 2 is 2.08 bits per heavy atom. The Hall–Kier alpha value is -2.67. The van der Waals surface area contributed by atoms with E-state index >= 15 is 0 Å². The van der Waals surface area contributed by atoms with Gasteiger partial charge in [-0.1, -0.05) is 17.7 Å². The minimum absolute atomic E-state index is 0.0802. The summed E-state index contributed by atoms with van der Waals surface area (Å²) in [5.74, 6) is 0.102. The third-order valence-corrected chi connectivity index (χ3v) is 4.89. The maximum absolute atomic E-state index is 12.6. The summed E-state index contributed by atoms with van der Waals surface area (Å²) >= 11 is 5.98.